The number of carboxylic acids is 2. The monoisotopic (exact) mass is 785 g/mol. The van der Waals surface area contributed by atoms with Crippen LogP contribution >= 0.6 is 54.1 Å². The summed E-state index contributed by atoms with van der Waals surface area (Å²) in [6.07, 6.45) is -0.723. The number of amides is 2. The number of carboxylic acid groups (broad SMARTS) is 2. The van der Waals surface area contributed by atoms with Gasteiger partial charge in [-0.05, 0) is 18.1 Å². The maximum atomic E-state index is 14.2. The molecule has 0 radical (unpaired) electrons. The fraction of sp³-hybridized carbons (Fsp3) is 0.615. The molecule has 0 saturated carbocycles. The molecule has 268 valence electrons. The molecule has 0 unspecified atom stereocenters. The molecule has 0 saturated heterocycles. The van der Waals surface area contributed by atoms with Gasteiger partial charge >= 0.3 is 19.6 Å². The van der Waals surface area contributed by atoms with Gasteiger partial charge in [-0.15, -0.1) is 46.4 Å². The minimum atomic E-state index is -4.22. The van der Waals surface area contributed by atoms with Crippen molar-refractivity contribution in [2.45, 2.75) is 31.5 Å². The van der Waals surface area contributed by atoms with E-state index in [1.54, 1.807) is 6.07 Å². The number of nitrogens with one attached hydrogen (secondary N) is 2. The van der Waals surface area contributed by atoms with Crippen LogP contribution in [0.5, 0.6) is 0 Å². The molecule has 21 heteroatoms. The lowest BCUT2D eigenvalue weighted by Crippen LogP contribution is -2.51. The maximum absolute atomic E-state index is 14.2. The second-order valence-electron chi connectivity index (χ2n) is 9.89. The van der Waals surface area contributed by atoms with Crippen LogP contribution in [0.4, 0.5) is 0 Å². The molecule has 47 heavy (non-hydrogen) atoms. The number of nitrogens with zero attached hydrogens (tertiary/aromatic N) is 2. The van der Waals surface area contributed by atoms with E-state index in [4.69, 9.17) is 61.8 Å². The molecule has 0 aromatic heterocycles. The SMILES string of the molecule is N[C@@H](CCC(=O)N[C@@H](CS(=O)(=O)CCOP(=O)(N(CCCl)CCCl)N(CCCl)CCCl)C(=O)NCc1ccccc1C(=O)O)C(=O)O. The van der Waals surface area contributed by atoms with Crippen LogP contribution in [0, 0.1) is 0 Å². The largest absolute Gasteiger partial charge is 0.480 e. The van der Waals surface area contributed by atoms with Crippen LogP contribution in [0.15, 0.2) is 24.3 Å². The van der Waals surface area contributed by atoms with Gasteiger partial charge in [-0.25, -0.2) is 22.6 Å². The Balaban J connectivity index is 3.19. The summed E-state index contributed by atoms with van der Waals surface area (Å²) >= 11 is 23.6. The highest BCUT2D eigenvalue weighted by atomic mass is 35.5. The maximum Gasteiger partial charge on any atom is 0.346 e. The highest BCUT2D eigenvalue weighted by Crippen LogP contribution is 2.54. The Hall–Kier alpha value is -1.72. The van der Waals surface area contributed by atoms with Crippen LogP contribution in [0.1, 0.15) is 28.8 Å². The van der Waals surface area contributed by atoms with E-state index >= 15 is 0 Å². The average molecular weight is 787 g/mol. The first-order valence-electron chi connectivity index (χ1n) is 14.2. The molecule has 0 fully saturated rings. The third-order valence-corrected chi connectivity index (χ3v) is 11.6. The first kappa shape index (κ1) is 43.3. The number of carbonyl (C=O) groups is 4. The topological polar surface area (TPSA) is 226 Å². The van der Waals surface area contributed by atoms with Crippen molar-refractivity contribution < 1.29 is 46.9 Å². The van der Waals surface area contributed by atoms with Gasteiger partial charge < -0.3 is 31.1 Å². The summed E-state index contributed by atoms with van der Waals surface area (Å²) in [6, 6.07) is 2.76. The highest BCUT2D eigenvalue weighted by Gasteiger charge is 2.38. The zero-order valence-electron chi connectivity index (χ0n) is 25.4. The van der Waals surface area contributed by atoms with E-state index in [1.807, 2.05) is 0 Å². The number of nitrogens with two attached hydrogens (primary N) is 1. The van der Waals surface area contributed by atoms with Gasteiger partial charge in [-0.3, -0.25) is 18.9 Å². The molecule has 0 aliphatic rings. The highest BCUT2D eigenvalue weighted by molar-refractivity contribution is 7.91. The number of alkyl halides is 4. The molecule has 1 aromatic rings. The van der Waals surface area contributed by atoms with Gasteiger partial charge in [0.25, 0.3) is 0 Å². The van der Waals surface area contributed by atoms with Crippen molar-refractivity contribution in [1.82, 2.24) is 20.0 Å². The van der Waals surface area contributed by atoms with E-state index in [0.717, 1.165) is 0 Å². The number of aromatic carboxylic acids is 1. The molecular weight excluding hydrogens is 747 g/mol. The van der Waals surface area contributed by atoms with Crippen molar-refractivity contribution in [2.75, 3.05) is 67.8 Å². The molecule has 1 aromatic carbocycles. The van der Waals surface area contributed by atoms with Crippen molar-refractivity contribution in [1.29, 1.82) is 0 Å². The van der Waals surface area contributed by atoms with Gasteiger partial charge in [0.1, 0.15) is 12.1 Å². The van der Waals surface area contributed by atoms with Gasteiger partial charge in [0.2, 0.25) is 11.8 Å². The summed E-state index contributed by atoms with van der Waals surface area (Å²) in [5.74, 6) is -5.83. The molecule has 6 N–H and O–H groups in total. The number of aliphatic carboxylic acids is 1. The Kier molecular flexibility index (Phi) is 20.3. The molecule has 15 nitrogen and oxygen atoms in total. The minimum Gasteiger partial charge on any atom is -0.480 e. The second-order valence-corrected chi connectivity index (χ2v) is 16.0. The van der Waals surface area contributed by atoms with E-state index in [0.29, 0.717) is 0 Å². The fourth-order valence-electron chi connectivity index (χ4n) is 4.13. The van der Waals surface area contributed by atoms with Crippen LogP contribution in [-0.4, -0.2) is 132 Å². The standard InChI is InChI=1S/C26H40Cl4N5O10PS/c27-7-11-34(12-8-28)46(42,35(13-9-29)14-10-30)45-15-16-47(43,44)18-22(33-23(36)6-5-21(31)26(40)41)24(37)32-17-19-3-1-2-4-20(19)25(38)39/h1-4,21-22H,5-18,31H2,(H,32,37)(H,33,36)(H,38,39)(H,40,41)/t21-,22-/m0/s1. The molecule has 0 spiro atoms. The fourth-order valence-corrected chi connectivity index (χ4v) is 9.21. The van der Waals surface area contributed by atoms with Crippen molar-refractivity contribution >= 4 is 87.7 Å². The van der Waals surface area contributed by atoms with Crippen molar-refractivity contribution in [3.63, 3.8) is 0 Å². The van der Waals surface area contributed by atoms with E-state index in [1.165, 1.54) is 27.5 Å². The quantitative estimate of drug-likeness (QED) is 0.0705. The van der Waals surface area contributed by atoms with Crippen LogP contribution < -0.4 is 16.4 Å². The summed E-state index contributed by atoms with van der Waals surface area (Å²) in [6.45, 7) is -0.551. The van der Waals surface area contributed by atoms with Gasteiger partial charge in [-0.2, -0.15) is 0 Å². The Labute approximate surface area is 293 Å². The molecule has 2 atom stereocenters. The third-order valence-electron chi connectivity index (χ3n) is 6.51. The van der Waals surface area contributed by atoms with Crippen LogP contribution in [0.25, 0.3) is 0 Å². The summed E-state index contributed by atoms with van der Waals surface area (Å²) in [5, 5.41) is 23.1. The van der Waals surface area contributed by atoms with E-state index < -0.39 is 77.9 Å². The van der Waals surface area contributed by atoms with E-state index in [2.05, 4.69) is 10.6 Å². The Bertz CT molecular complexity index is 1310. The minimum absolute atomic E-state index is 0.0585. The number of carbonyl (C=O) groups excluding carboxylic acids is 2. The zero-order valence-corrected chi connectivity index (χ0v) is 30.1. The summed E-state index contributed by atoms with van der Waals surface area (Å²) in [7, 11) is -8.16. The molecule has 0 bridgehead atoms. The van der Waals surface area contributed by atoms with Crippen molar-refractivity contribution in [3.8, 4) is 0 Å². The first-order chi connectivity index (χ1) is 22.1. The van der Waals surface area contributed by atoms with Gasteiger partial charge in [-0.1, -0.05) is 18.2 Å². The number of sulfone groups is 1. The second kappa shape index (κ2) is 22.1. The van der Waals surface area contributed by atoms with E-state index in [-0.39, 0.29) is 73.8 Å². The molecule has 0 aliphatic carbocycles. The molecule has 2 amide bonds. The molecule has 1 rings (SSSR count). The molecule has 0 heterocycles. The van der Waals surface area contributed by atoms with Crippen molar-refractivity contribution in [3.05, 3.63) is 35.4 Å². The third kappa shape index (κ3) is 15.2. The number of halogens is 4. The average Bonchev–Trinajstić information content (AvgIpc) is 3.01. The van der Waals surface area contributed by atoms with Gasteiger partial charge in [0, 0.05) is 62.7 Å². The number of hydrogen-bond donors (Lipinski definition) is 5. The first-order valence-corrected chi connectivity index (χ1v) is 19.7. The zero-order chi connectivity index (χ0) is 35.6. The number of rotatable bonds is 25. The van der Waals surface area contributed by atoms with E-state index in [9.17, 15) is 37.3 Å². The summed E-state index contributed by atoms with van der Waals surface area (Å²) in [5.41, 5.74) is 5.56. The lowest BCUT2D eigenvalue weighted by molar-refractivity contribution is -0.138. The normalized spacial score (nSPS) is 13.3. The number of hydrogen-bond acceptors (Lipinski definition) is 9. The predicted octanol–water partition coefficient (Wildman–Crippen LogP) is 1.78. The summed E-state index contributed by atoms with van der Waals surface area (Å²) in [4.78, 5) is 48.3. The summed E-state index contributed by atoms with van der Waals surface area (Å²) < 4.78 is 49.2. The van der Waals surface area contributed by atoms with Gasteiger partial charge in [0.05, 0.1) is 23.7 Å². The number of benzene rings is 1. The molecular formula is C26H40Cl4N5O10PS. The predicted molar refractivity (Wildman–Crippen MR) is 180 cm³/mol. The van der Waals surface area contributed by atoms with Crippen LogP contribution in [-0.2, 0) is 39.9 Å². The molecule has 0 aliphatic heterocycles. The van der Waals surface area contributed by atoms with Crippen LogP contribution in [0.3, 0.4) is 0 Å². The lowest BCUT2D eigenvalue weighted by Gasteiger charge is -2.37. The Morgan fingerprint density at radius 1 is 0.936 bits per heavy atom. The van der Waals surface area contributed by atoms with Crippen LogP contribution in [0.2, 0.25) is 0 Å². The lowest BCUT2D eigenvalue weighted by atomic mass is 10.1. The van der Waals surface area contributed by atoms with Gasteiger partial charge in [0.15, 0.2) is 9.84 Å². The van der Waals surface area contributed by atoms with Crippen molar-refractivity contribution in [2.24, 2.45) is 5.73 Å². The smallest absolute Gasteiger partial charge is 0.346 e. The Morgan fingerprint density at radius 2 is 1.47 bits per heavy atom. The Morgan fingerprint density at radius 3 is 1.96 bits per heavy atom.